The Morgan fingerprint density at radius 2 is 1.62 bits per heavy atom. The summed E-state index contributed by atoms with van der Waals surface area (Å²) in [6.45, 7) is 9.60. The zero-order valence-corrected chi connectivity index (χ0v) is 20.7. The van der Waals surface area contributed by atoms with Gasteiger partial charge >= 0.3 is 0 Å². The van der Waals surface area contributed by atoms with Crippen LogP contribution in [0.4, 0.5) is 0 Å². The van der Waals surface area contributed by atoms with E-state index in [4.69, 9.17) is 0 Å². The molecule has 3 atom stereocenters. The van der Waals surface area contributed by atoms with E-state index >= 15 is 0 Å². The second kappa shape index (κ2) is 10.8. The molecule has 2 fully saturated rings. The van der Waals surface area contributed by atoms with Gasteiger partial charge in [-0.1, -0.05) is 50.3 Å². The molecule has 1 aromatic rings. The predicted octanol–water partition coefficient (Wildman–Crippen LogP) is 2.42. The summed E-state index contributed by atoms with van der Waals surface area (Å²) in [5, 5.41) is 3.02. The van der Waals surface area contributed by atoms with Crippen LogP contribution < -0.4 is 5.32 Å². The summed E-state index contributed by atoms with van der Waals surface area (Å²) in [6.07, 6.45) is 5.59. The van der Waals surface area contributed by atoms with Crippen LogP contribution in [-0.4, -0.2) is 71.7 Å². The molecule has 1 aromatic carbocycles. The van der Waals surface area contributed by atoms with Crippen molar-refractivity contribution in [1.82, 2.24) is 20.0 Å². The number of hydrogen-bond donors (Lipinski definition) is 1. The maximum Gasteiger partial charge on any atom is 0.243 e. The van der Waals surface area contributed by atoms with E-state index in [1.165, 1.54) is 10.5 Å². The Balaban J connectivity index is 1.40. The molecule has 0 aromatic heterocycles. The first-order valence-corrected chi connectivity index (χ1v) is 12.6. The van der Waals surface area contributed by atoms with E-state index in [-0.39, 0.29) is 35.5 Å². The second-order valence-corrected chi connectivity index (χ2v) is 10.5. The van der Waals surface area contributed by atoms with Gasteiger partial charge in [-0.15, -0.1) is 0 Å². The van der Waals surface area contributed by atoms with Crippen LogP contribution in [0, 0.1) is 17.8 Å². The van der Waals surface area contributed by atoms with Gasteiger partial charge in [0.2, 0.25) is 17.7 Å². The fraction of sp³-hybridized carbons (Fsp3) is 0.593. The standard InChI is InChI=1S/C27H38N4O3/c1-19(2)15-24(31-26(33)22-9-4-5-10-23(22)27(31)34)25(32)28-17-20-7-6-8-21(16-20)18-30-13-11-29(3)12-14-30/h4-8,16,19,22-24H,9-15,17-18H2,1-3H3,(H,28,32). The number of carbonyl (C=O) groups excluding carboxylic acids is 3. The maximum atomic E-state index is 13.3. The average Bonchev–Trinajstić information content (AvgIpc) is 3.08. The molecule has 3 amide bonds. The minimum absolute atomic E-state index is 0.184. The van der Waals surface area contributed by atoms with Crippen molar-refractivity contribution in [1.29, 1.82) is 0 Å². The monoisotopic (exact) mass is 466 g/mol. The summed E-state index contributed by atoms with van der Waals surface area (Å²) in [7, 11) is 2.15. The number of benzene rings is 1. The third kappa shape index (κ3) is 5.58. The highest BCUT2D eigenvalue weighted by Crippen LogP contribution is 2.37. The molecular weight excluding hydrogens is 428 g/mol. The van der Waals surface area contributed by atoms with Gasteiger partial charge in [0.15, 0.2) is 0 Å². The van der Waals surface area contributed by atoms with Gasteiger partial charge in [0, 0.05) is 39.3 Å². The number of amides is 3. The summed E-state index contributed by atoms with van der Waals surface area (Å²) in [4.78, 5) is 45.5. The van der Waals surface area contributed by atoms with E-state index < -0.39 is 6.04 Å². The SMILES string of the molecule is CC(C)CC(C(=O)NCc1cccc(CN2CCN(C)CC2)c1)N1C(=O)C2CC=CCC2C1=O. The van der Waals surface area contributed by atoms with Crippen LogP contribution in [0.1, 0.15) is 44.2 Å². The minimum Gasteiger partial charge on any atom is -0.350 e. The lowest BCUT2D eigenvalue weighted by Crippen LogP contribution is -2.50. The van der Waals surface area contributed by atoms with Crippen molar-refractivity contribution in [3.63, 3.8) is 0 Å². The van der Waals surface area contributed by atoms with Gasteiger partial charge < -0.3 is 10.2 Å². The Bertz CT molecular complexity index is 910. The highest BCUT2D eigenvalue weighted by Gasteiger charge is 2.51. The molecule has 3 aliphatic rings. The lowest BCUT2D eigenvalue weighted by atomic mass is 9.85. The van der Waals surface area contributed by atoms with Crippen LogP contribution in [0.15, 0.2) is 36.4 Å². The highest BCUT2D eigenvalue weighted by molar-refractivity contribution is 6.08. The Hall–Kier alpha value is -2.51. The second-order valence-electron chi connectivity index (χ2n) is 10.5. The molecule has 0 saturated carbocycles. The predicted molar refractivity (Wildman–Crippen MR) is 132 cm³/mol. The molecule has 184 valence electrons. The molecule has 2 aliphatic heterocycles. The third-order valence-corrected chi connectivity index (χ3v) is 7.31. The summed E-state index contributed by atoms with van der Waals surface area (Å²) in [5.41, 5.74) is 2.26. The van der Waals surface area contributed by atoms with Crippen LogP contribution in [0.25, 0.3) is 0 Å². The molecule has 2 heterocycles. The van der Waals surface area contributed by atoms with Crippen LogP contribution in [0.5, 0.6) is 0 Å². The number of likely N-dealkylation sites (tertiary alicyclic amines) is 1. The molecular formula is C27H38N4O3. The molecule has 7 heteroatoms. The van der Waals surface area contributed by atoms with Crippen molar-refractivity contribution < 1.29 is 14.4 Å². The van der Waals surface area contributed by atoms with Gasteiger partial charge in [0.1, 0.15) is 6.04 Å². The largest absolute Gasteiger partial charge is 0.350 e. The molecule has 7 nitrogen and oxygen atoms in total. The quantitative estimate of drug-likeness (QED) is 0.471. The smallest absolute Gasteiger partial charge is 0.243 e. The Kier molecular flexibility index (Phi) is 7.84. The van der Waals surface area contributed by atoms with E-state index in [9.17, 15) is 14.4 Å². The molecule has 34 heavy (non-hydrogen) atoms. The Labute approximate surface area is 203 Å². The van der Waals surface area contributed by atoms with Gasteiger partial charge in [-0.3, -0.25) is 24.2 Å². The van der Waals surface area contributed by atoms with Crippen LogP contribution >= 0.6 is 0 Å². The summed E-state index contributed by atoms with van der Waals surface area (Å²) in [5.74, 6) is -1.06. The van der Waals surface area contributed by atoms with Crippen molar-refractivity contribution in [2.24, 2.45) is 17.8 Å². The Morgan fingerprint density at radius 1 is 1.00 bits per heavy atom. The normalized spacial score (nSPS) is 24.5. The van der Waals surface area contributed by atoms with E-state index in [2.05, 4.69) is 34.3 Å². The zero-order chi connectivity index (χ0) is 24.2. The summed E-state index contributed by atoms with van der Waals surface area (Å²) in [6, 6.07) is 7.56. The average molecular weight is 467 g/mol. The number of imide groups is 1. The molecule has 3 unspecified atom stereocenters. The van der Waals surface area contributed by atoms with Crippen molar-refractivity contribution in [2.45, 2.75) is 52.2 Å². The topological polar surface area (TPSA) is 73.0 Å². The third-order valence-electron chi connectivity index (χ3n) is 7.31. The lowest BCUT2D eigenvalue weighted by molar-refractivity contribution is -0.148. The van der Waals surface area contributed by atoms with Crippen molar-refractivity contribution in [3.05, 3.63) is 47.5 Å². The molecule has 0 bridgehead atoms. The van der Waals surface area contributed by atoms with Gasteiger partial charge in [0.25, 0.3) is 0 Å². The summed E-state index contributed by atoms with van der Waals surface area (Å²) < 4.78 is 0. The van der Waals surface area contributed by atoms with Crippen LogP contribution in [-0.2, 0) is 27.5 Å². The molecule has 2 saturated heterocycles. The first kappa shape index (κ1) is 24.6. The number of nitrogens with one attached hydrogen (secondary N) is 1. The first-order valence-electron chi connectivity index (χ1n) is 12.6. The molecule has 0 spiro atoms. The Morgan fingerprint density at radius 3 is 2.24 bits per heavy atom. The molecule has 1 N–H and O–H groups in total. The molecule has 4 rings (SSSR count). The first-order chi connectivity index (χ1) is 16.3. The van der Waals surface area contributed by atoms with E-state index in [1.54, 1.807) is 0 Å². The van der Waals surface area contributed by atoms with Gasteiger partial charge in [-0.25, -0.2) is 0 Å². The van der Waals surface area contributed by atoms with E-state index in [0.29, 0.717) is 25.8 Å². The molecule has 1 aliphatic carbocycles. The highest BCUT2D eigenvalue weighted by atomic mass is 16.2. The van der Waals surface area contributed by atoms with Gasteiger partial charge in [-0.2, -0.15) is 0 Å². The van der Waals surface area contributed by atoms with Gasteiger partial charge in [-0.05, 0) is 43.4 Å². The lowest BCUT2D eigenvalue weighted by Gasteiger charge is -2.32. The summed E-state index contributed by atoms with van der Waals surface area (Å²) >= 11 is 0. The molecule has 0 radical (unpaired) electrons. The minimum atomic E-state index is -0.751. The van der Waals surface area contributed by atoms with Crippen molar-refractivity contribution in [3.8, 4) is 0 Å². The van der Waals surface area contributed by atoms with Crippen LogP contribution in [0.3, 0.4) is 0 Å². The fourth-order valence-electron chi connectivity index (χ4n) is 5.32. The number of rotatable bonds is 8. The van der Waals surface area contributed by atoms with E-state index in [1.807, 2.05) is 38.1 Å². The zero-order valence-electron chi connectivity index (χ0n) is 20.7. The van der Waals surface area contributed by atoms with E-state index in [0.717, 1.165) is 38.3 Å². The number of fused-ring (bicyclic) bond motifs is 1. The number of nitrogens with zero attached hydrogens (tertiary/aromatic N) is 3. The number of hydrogen-bond acceptors (Lipinski definition) is 5. The van der Waals surface area contributed by atoms with Crippen molar-refractivity contribution in [2.75, 3.05) is 33.2 Å². The number of piperazine rings is 1. The number of likely N-dealkylation sites (N-methyl/N-ethyl adjacent to an activating group) is 1. The van der Waals surface area contributed by atoms with Crippen molar-refractivity contribution >= 4 is 17.7 Å². The van der Waals surface area contributed by atoms with Crippen LogP contribution in [0.2, 0.25) is 0 Å². The number of allylic oxidation sites excluding steroid dienone is 2. The van der Waals surface area contributed by atoms with Gasteiger partial charge in [0.05, 0.1) is 11.8 Å². The maximum absolute atomic E-state index is 13.3. The fourth-order valence-corrected chi connectivity index (χ4v) is 5.32. The number of carbonyl (C=O) groups is 3.